The van der Waals surface area contributed by atoms with Gasteiger partial charge in [-0.1, -0.05) is 12.8 Å². The molecular weight excluding hydrogens is 194 g/mol. The second-order valence-electron chi connectivity index (χ2n) is 4.72. The first kappa shape index (κ1) is 10.9. The van der Waals surface area contributed by atoms with E-state index >= 15 is 0 Å². The van der Waals surface area contributed by atoms with Crippen LogP contribution in [-0.2, 0) is 4.79 Å². The Labute approximate surface area is 89.9 Å². The molecule has 2 N–H and O–H groups in total. The Morgan fingerprint density at radius 3 is 2.40 bits per heavy atom. The minimum absolute atomic E-state index is 0.0855. The van der Waals surface area contributed by atoms with Crippen molar-refractivity contribution in [2.45, 2.75) is 56.7 Å². The SMILES string of the molecule is O=C(O)CN(C1CC1)C1CCCCC1O. The van der Waals surface area contributed by atoms with E-state index in [9.17, 15) is 9.90 Å². The van der Waals surface area contributed by atoms with Gasteiger partial charge < -0.3 is 10.2 Å². The molecule has 0 aromatic rings. The van der Waals surface area contributed by atoms with Crippen LogP contribution in [0.2, 0.25) is 0 Å². The third-order valence-electron chi connectivity index (χ3n) is 3.45. The van der Waals surface area contributed by atoms with Crippen LogP contribution in [0.1, 0.15) is 38.5 Å². The second-order valence-corrected chi connectivity index (χ2v) is 4.72. The van der Waals surface area contributed by atoms with Crippen molar-refractivity contribution in [2.75, 3.05) is 6.54 Å². The Morgan fingerprint density at radius 2 is 1.87 bits per heavy atom. The standard InChI is InChI=1S/C11H19NO3/c13-10-4-2-1-3-9(10)12(7-11(14)15)8-5-6-8/h8-10,13H,1-7H2,(H,14,15). The van der Waals surface area contributed by atoms with Crippen molar-refractivity contribution in [3.8, 4) is 0 Å². The molecule has 2 rings (SSSR count). The summed E-state index contributed by atoms with van der Waals surface area (Å²) in [6.45, 7) is 0.0897. The fraction of sp³-hybridized carbons (Fsp3) is 0.909. The summed E-state index contributed by atoms with van der Waals surface area (Å²) in [5, 5.41) is 18.7. The van der Waals surface area contributed by atoms with Crippen molar-refractivity contribution in [1.82, 2.24) is 4.90 Å². The van der Waals surface area contributed by atoms with Gasteiger partial charge in [0.25, 0.3) is 0 Å². The van der Waals surface area contributed by atoms with Crippen LogP contribution in [0.5, 0.6) is 0 Å². The van der Waals surface area contributed by atoms with Gasteiger partial charge in [0, 0.05) is 12.1 Å². The normalized spacial score (nSPS) is 31.9. The average molecular weight is 213 g/mol. The van der Waals surface area contributed by atoms with Crippen LogP contribution < -0.4 is 0 Å². The zero-order valence-corrected chi connectivity index (χ0v) is 8.93. The van der Waals surface area contributed by atoms with Gasteiger partial charge in [0.05, 0.1) is 12.6 Å². The summed E-state index contributed by atoms with van der Waals surface area (Å²) in [5.74, 6) is -0.778. The van der Waals surface area contributed by atoms with Crippen molar-refractivity contribution in [1.29, 1.82) is 0 Å². The summed E-state index contributed by atoms with van der Waals surface area (Å²) in [6.07, 6.45) is 5.83. The number of aliphatic carboxylic acids is 1. The van der Waals surface area contributed by atoms with Crippen molar-refractivity contribution >= 4 is 5.97 Å². The highest BCUT2D eigenvalue weighted by Crippen LogP contribution is 2.33. The van der Waals surface area contributed by atoms with Crippen LogP contribution in [-0.4, -0.2) is 45.8 Å². The van der Waals surface area contributed by atoms with Gasteiger partial charge in [-0.2, -0.15) is 0 Å². The summed E-state index contributed by atoms with van der Waals surface area (Å²) < 4.78 is 0. The molecule has 0 amide bonds. The molecule has 86 valence electrons. The second kappa shape index (κ2) is 4.49. The first-order valence-corrected chi connectivity index (χ1v) is 5.84. The van der Waals surface area contributed by atoms with Gasteiger partial charge in [-0.05, 0) is 25.7 Å². The van der Waals surface area contributed by atoms with Gasteiger partial charge >= 0.3 is 5.97 Å². The topological polar surface area (TPSA) is 60.8 Å². The highest BCUT2D eigenvalue weighted by atomic mass is 16.4. The van der Waals surface area contributed by atoms with E-state index < -0.39 is 5.97 Å². The van der Waals surface area contributed by atoms with Gasteiger partial charge in [0.15, 0.2) is 0 Å². The molecule has 0 bridgehead atoms. The first-order chi connectivity index (χ1) is 7.18. The zero-order valence-electron chi connectivity index (χ0n) is 8.93. The molecule has 2 aliphatic carbocycles. The maximum absolute atomic E-state index is 10.8. The van der Waals surface area contributed by atoms with Gasteiger partial charge in [0.1, 0.15) is 0 Å². The van der Waals surface area contributed by atoms with Gasteiger partial charge in [-0.3, -0.25) is 9.69 Å². The summed E-state index contributed by atoms with van der Waals surface area (Å²) in [5.41, 5.74) is 0. The maximum Gasteiger partial charge on any atom is 0.317 e. The lowest BCUT2D eigenvalue weighted by atomic mass is 9.91. The van der Waals surface area contributed by atoms with Gasteiger partial charge in [-0.25, -0.2) is 0 Å². The van der Waals surface area contributed by atoms with Crippen molar-refractivity contribution in [3.05, 3.63) is 0 Å². The maximum atomic E-state index is 10.8. The molecule has 0 aliphatic heterocycles. The molecule has 0 radical (unpaired) electrons. The highest BCUT2D eigenvalue weighted by molar-refractivity contribution is 5.69. The highest BCUT2D eigenvalue weighted by Gasteiger charge is 2.38. The van der Waals surface area contributed by atoms with Gasteiger partial charge in [0.2, 0.25) is 0 Å². The van der Waals surface area contributed by atoms with Crippen LogP contribution in [0.3, 0.4) is 0 Å². The van der Waals surface area contributed by atoms with E-state index in [2.05, 4.69) is 0 Å². The van der Waals surface area contributed by atoms with Crippen LogP contribution in [0.15, 0.2) is 0 Å². The number of rotatable bonds is 4. The molecule has 2 saturated carbocycles. The van der Waals surface area contributed by atoms with Crippen LogP contribution >= 0.6 is 0 Å². The molecule has 0 aromatic heterocycles. The zero-order chi connectivity index (χ0) is 10.8. The van der Waals surface area contributed by atoms with Crippen molar-refractivity contribution in [3.63, 3.8) is 0 Å². The van der Waals surface area contributed by atoms with Crippen LogP contribution in [0.25, 0.3) is 0 Å². The van der Waals surface area contributed by atoms with Crippen LogP contribution in [0.4, 0.5) is 0 Å². The Bertz CT molecular complexity index is 240. The fourth-order valence-corrected chi connectivity index (χ4v) is 2.56. The number of hydrogen-bond donors (Lipinski definition) is 2. The van der Waals surface area contributed by atoms with E-state index in [1.165, 1.54) is 0 Å². The van der Waals surface area contributed by atoms with Gasteiger partial charge in [-0.15, -0.1) is 0 Å². The third-order valence-corrected chi connectivity index (χ3v) is 3.45. The lowest BCUT2D eigenvalue weighted by molar-refractivity contribution is -0.140. The van der Waals surface area contributed by atoms with E-state index in [0.29, 0.717) is 6.04 Å². The summed E-state index contributed by atoms with van der Waals surface area (Å²) in [7, 11) is 0. The Hall–Kier alpha value is -0.610. The smallest absolute Gasteiger partial charge is 0.317 e. The molecule has 2 aliphatic rings. The molecular formula is C11H19NO3. The number of nitrogens with zero attached hydrogens (tertiary/aromatic N) is 1. The molecule has 0 heterocycles. The minimum Gasteiger partial charge on any atom is -0.480 e. The first-order valence-electron chi connectivity index (χ1n) is 5.84. The fourth-order valence-electron chi connectivity index (χ4n) is 2.56. The number of carbonyl (C=O) groups is 1. The van der Waals surface area contributed by atoms with E-state index in [1.54, 1.807) is 0 Å². The van der Waals surface area contributed by atoms with E-state index in [0.717, 1.165) is 38.5 Å². The van der Waals surface area contributed by atoms with Crippen molar-refractivity contribution < 1.29 is 15.0 Å². The molecule has 0 aromatic carbocycles. The molecule has 0 saturated heterocycles. The Morgan fingerprint density at radius 1 is 1.20 bits per heavy atom. The van der Waals surface area contributed by atoms with E-state index in [4.69, 9.17) is 5.11 Å². The number of aliphatic hydroxyl groups excluding tert-OH is 1. The Kier molecular flexibility index (Phi) is 3.26. The molecule has 2 fully saturated rings. The van der Waals surface area contributed by atoms with E-state index in [-0.39, 0.29) is 18.7 Å². The average Bonchev–Trinajstić information content (AvgIpc) is 2.98. The predicted octanol–water partition coefficient (Wildman–Crippen LogP) is 0.839. The molecule has 2 atom stereocenters. The molecule has 4 heteroatoms. The quantitative estimate of drug-likeness (QED) is 0.726. The largest absolute Gasteiger partial charge is 0.480 e. The summed E-state index contributed by atoms with van der Waals surface area (Å²) in [4.78, 5) is 12.8. The third kappa shape index (κ3) is 2.69. The molecule has 15 heavy (non-hydrogen) atoms. The predicted molar refractivity (Wildman–Crippen MR) is 55.6 cm³/mol. The lowest BCUT2D eigenvalue weighted by Crippen LogP contribution is -2.48. The van der Waals surface area contributed by atoms with Crippen LogP contribution in [0, 0.1) is 0 Å². The molecule has 2 unspecified atom stereocenters. The number of hydrogen-bond acceptors (Lipinski definition) is 3. The molecule has 0 spiro atoms. The summed E-state index contributed by atoms with van der Waals surface area (Å²) in [6, 6.07) is 0.501. The Balaban J connectivity index is 1.98. The summed E-state index contributed by atoms with van der Waals surface area (Å²) >= 11 is 0. The van der Waals surface area contributed by atoms with Crippen molar-refractivity contribution in [2.24, 2.45) is 0 Å². The number of carboxylic acid groups (broad SMARTS) is 1. The number of aliphatic hydroxyl groups is 1. The molecule has 4 nitrogen and oxygen atoms in total. The lowest BCUT2D eigenvalue weighted by Gasteiger charge is -2.36. The monoisotopic (exact) mass is 213 g/mol. The minimum atomic E-state index is -0.778. The van der Waals surface area contributed by atoms with E-state index in [1.807, 2.05) is 4.90 Å². The number of carboxylic acids is 1.